The number of likely N-dealkylation sites (N-methyl/N-ethyl adjacent to an activating group) is 1. The van der Waals surface area contributed by atoms with E-state index in [1.807, 2.05) is 47.7 Å². The topological polar surface area (TPSA) is 119 Å². The lowest BCUT2D eigenvalue weighted by Crippen LogP contribution is -2.59. The molecule has 1 aromatic rings. The maximum atomic E-state index is 13.4. The summed E-state index contributed by atoms with van der Waals surface area (Å²) in [6.07, 6.45) is 8.13. The van der Waals surface area contributed by atoms with Gasteiger partial charge in [0.05, 0.1) is 37.4 Å². The summed E-state index contributed by atoms with van der Waals surface area (Å²) < 4.78 is 23.2. The molecule has 0 aromatic heterocycles. The van der Waals surface area contributed by atoms with Crippen LogP contribution in [0.2, 0.25) is 0 Å². The van der Waals surface area contributed by atoms with Gasteiger partial charge in [-0.1, -0.05) is 32.1 Å². The van der Waals surface area contributed by atoms with E-state index >= 15 is 0 Å². The van der Waals surface area contributed by atoms with Gasteiger partial charge in [0, 0.05) is 45.8 Å². The van der Waals surface area contributed by atoms with E-state index in [0.717, 1.165) is 31.2 Å². The molecule has 1 aliphatic rings. The van der Waals surface area contributed by atoms with Gasteiger partial charge in [0.2, 0.25) is 11.8 Å². The van der Waals surface area contributed by atoms with Crippen molar-refractivity contribution in [2.45, 2.75) is 111 Å². The molecule has 1 saturated heterocycles. The summed E-state index contributed by atoms with van der Waals surface area (Å²) >= 11 is 0. The lowest BCUT2D eigenvalue weighted by Gasteiger charge is -2.40. The Morgan fingerprint density at radius 1 is 1.00 bits per heavy atom. The van der Waals surface area contributed by atoms with E-state index in [9.17, 15) is 14.4 Å². The number of piperazine rings is 1. The van der Waals surface area contributed by atoms with Crippen molar-refractivity contribution < 1.29 is 33.3 Å². The van der Waals surface area contributed by atoms with Crippen molar-refractivity contribution in [1.29, 1.82) is 0 Å². The summed E-state index contributed by atoms with van der Waals surface area (Å²) in [5.74, 6) is 1.24. The number of benzene rings is 1. The Morgan fingerprint density at radius 3 is 2.42 bits per heavy atom. The smallest absolute Gasteiger partial charge is 0.415 e. The van der Waals surface area contributed by atoms with Crippen molar-refractivity contribution >= 4 is 17.9 Å². The van der Waals surface area contributed by atoms with E-state index in [0.29, 0.717) is 69.8 Å². The van der Waals surface area contributed by atoms with Gasteiger partial charge >= 0.3 is 6.09 Å². The number of carbonyl (C=O) groups is 3. The highest BCUT2D eigenvalue weighted by atomic mass is 16.6. The van der Waals surface area contributed by atoms with Crippen LogP contribution in [0.5, 0.6) is 11.5 Å². The van der Waals surface area contributed by atoms with Crippen molar-refractivity contribution in [3.63, 3.8) is 0 Å². The van der Waals surface area contributed by atoms with Gasteiger partial charge in [-0.2, -0.15) is 0 Å². The second-order valence-corrected chi connectivity index (χ2v) is 14.4. The van der Waals surface area contributed by atoms with E-state index < -0.39 is 11.7 Å². The fraction of sp³-hybridized carbons (Fsp3) is 0.703. The van der Waals surface area contributed by atoms with Crippen LogP contribution in [0, 0.1) is 5.92 Å². The first-order valence-electron chi connectivity index (χ1n) is 17.4. The number of hydrogen-bond donors (Lipinski definition) is 2. The lowest BCUT2D eigenvalue weighted by molar-refractivity contribution is -0.136. The van der Waals surface area contributed by atoms with Gasteiger partial charge in [-0.3, -0.25) is 9.59 Å². The monoisotopic (exact) mass is 674 g/mol. The van der Waals surface area contributed by atoms with Crippen molar-refractivity contribution in [3.05, 3.63) is 35.9 Å². The average Bonchev–Trinajstić information content (AvgIpc) is 3.01. The van der Waals surface area contributed by atoms with Gasteiger partial charge in [0.1, 0.15) is 0 Å². The predicted molar refractivity (Wildman–Crippen MR) is 189 cm³/mol. The van der Waals surface area contributed by atoms with E-state index in [1.165, 1.54) is 7.11 Å². The second-order valence-electron chi connectivity index (χ2n) is 14.4. The summed E-state index contributed by atoms with van der Waals surface area (Å²) in [5.41, 5.74) is 0.234. The number of unbranched alkanes of at least 4 members (excludes halogenated alkanes) is 2. The van der Waals surface area contributed by atoms with Crippen LogP contribution in [0.3, 0.4) is 0 Å². The molecular weight excluding hydrogens is 612 g/mol. The maximum Gasteiger partial charge on any atom is 0.415 e. The van der Waals surface area contributed by atoms with E-state index in [2.05, 4.69) is 36.6 Å². The zero-order valence-electron chi connectivity index (χ0n) is 31.0. The number of nitrogens with zero attached hydrogens (tertiary/aromatic N) is 2. The van der Waals surface area contributed by atoms with Crippen LogP contribution in [-0.4, -0.2) is 98.5 Å². The molecule has 1 fully saturated rings. The second kappa shape index (κ2) is 20.4. The number of rotatable bonds is 19. The van der Waals surface area contributed by atoms with E-state index in [1.54, 1.807) is 21.9 Å². The van der Waals surface area contributed by atoms with Crippen LogP contribution in [-0.2, 0) is 25.6 Å². The van der Waals surface area contributed by atoms with Gasteiger partial charge < -0.3 is 39.4 Å². The molecule has 1 aliphatic heterocycles. The molecular formula is C37H62N4O7. The Labute approximate surface area is 289 Å². The standard InChI is InChI=1S/C37H62N4O7/c1-28(2)14-12-10-11-13-15-33(42)39-25-29-16-17-31(32(24-29)45-9)48-35(44)41-21-20-40(27-30(41)26-38-8)34(43)18-22-47-37(6,7)19-23-46-36(3,4)5/h12,14,16-17,24,28,30,38H,10-11,13,15,18-23,25-27H2,1-9H3,(H,39,42)/b14-12+. The maximum absolute atomic E-state index is 13.4. The third-order valence-electron chi connectivity index (χ3n) is 8.02. The van der Waals surface area contributed by atoms with Crippen LogP contribution in [0.1, 0.15) is 92.6 Å². The molecule has 3 amide bonds. The average molecular weight is 675 g/mol. The minimum absolute atomic E-state index is 0.00332. The van der Waals surface area contributed by atoms with Gasteiger partial charge in [0.15, 0.2) is 11.5 Å². The molecule has 11 nitrogen and oxygen atoms in total. The molecule has 2 rings (SSSR count). The van der Waals surface area contributed by atoms with E-state index in [4.69, 9.17) is 18.9 Å². The summed E-state index contributed by atoms with van der Waals surface area (Å²) in [5, 5.41) is 6.09. The third kappa shape index (κ3) is 15.8. The number of carbonyl (C=O) groups excluding carboxylic acids is 3. The summed E-state index contributed by atoms with van der Waals surface area (Å²) in [4.78, 5) is 42.2. The molecule has 272 valence electrons. The van der Waals surface area contributed by atoms with Gasteiger partial charge in [0.25, 0.3) is 0 Å². The number of amides is 3. The summed E-state index contributed by atoms with van der Waals surface area (Å²) in [7, 11) is 3.33. The van der Waals surface area contributed by atoms with Crippen LogP contribution in [0.25, 0.3) is 0 Å². The fourth-order valence-corrected chi connectivity index (χ4v) is 5.24. The molecule has 1 heterocycles. The Hall–Kier alpha value is -3.15. The minimum atomic E-state index is -0.507. The Balaban J connectivity index is 1.86. The highest BCUT2D eigenvalue weighted by Crippen LogP contribution is 2.29. The number of hydrogen-bond acceptors (Lipinski definition) is 8. The third-order valence-corrected chi connectivity index (χ3v) is 8.02. The first kappa shape index (κ1) is 41.0. The normalized spacial score (nSPS) is 15.7. The van der Waals surface area contributed by atoms with E-state index in [-0.39, 0.29) is 29.9 Å². The quantitative estimate of drug-likeness (QED) is 0.142. The molecule has 0 aliphatic carbocycles. The number of allylic oxidation sites excluding steroid dienone is 2. The fourth-order valence-electron chi connectivity index (χ4n) is 5.24. The zero-order valence-corrected chi connectivity index (χ0v) is 31.0. The van der Waals surface area contributed by atoms with Crippen molar-refractivity contribution in [2.75, 3.05) is 53.6 Å². The molecule has 0 radical (unpaired) electrons. The number of nitrogens with one attached hydrogen (secondary N) is 2. The molecule has 1 aromatic carbocycles. The Bertz CT molecular complexity index is 1180. The highest BCUT2D eigenvalue weighted by Gasteiger charge is 2.34. The molecule has 48 heavy (non-hydrogen) atoms. The van der Waals surface area contributed by atoms with Crippen LogP contribution in [0.15, 0.2) is 30.4 Å². The molecule has 0 saturated carbocycles. The van der Waals surface area contributed by atoms with Gasteiger partial charge in [-0.05, 0) is 91.0 Å². The van der Waals surface area contributed by atoms with Crippen LogP contribution < -0.4 is 20.1 Å². The first-order chi connectivity index (χ1) is 22.6. The largest absolute Gasteiger partial charge is 0.493 e. The summed E-state index contributed by atoms with van der Waals surface area (Å²) in [6.45, 7) is 17.3. The predicted octanol–water partition coefficient (Wildman–Crippen LogP) is 5.71. The van der Waals surface area contributed by atoms with Gasteiger partial charge in [-0.15, -0.1) is 0 Å². The first-order valence-corrected chi connectivity index (χ1v) is 17.4. The molecule has 2 N–H and O–H groups in total. The molecule has 0 bridgehead atoms. The van der Waals surface area contributed by atoms with Crippen molar-refractivity contribution in [1.82, 2.24) is 20.4 Å². The van der Waals surface area contributed by atoms with Crippen LogP contribution in [0.4, 0.5) is 4.79 Å². The Kier molecular flexibility index (Phi) is 17.4. The molecule has 1 atom stereocenters. The number of methoxy groups -OCH3 is 1. The van der Waals surface area contributed by atoms with Crippen molar-refractivity contribution in [2.24, 2.45) is 5.92 Å². The lowest BCUT2D eigenvalue weighted by atomic mass is 10.1. The summed E-state index contributed by atoms with van der Waals surface area (Å²) in [6, 6.07) is 4.99. The van der Waals surface area contributed by atoms with Crippen molar-refractivity contribution in [3.8, 4) is 11.5 Å². The molecule has 0 spiro atoms. The van der Waals surface area contributed by atoms with Gasteiger partial charge in [-0.25, -0.2) is 4.79 Å². The zero-order chi connectivity index (χ0) is 35.7. The SMILES string of the molecule is CNCC1CN(C(=O)CCOC(C)(C)CCOC(C)(C)C)CCN1C(=O)Oc1ccc(CNC(=O)CCCC/C=C/C(C)C)cc1OC. The number of ether oxygens (including phenoxy) is 4. The molecule has 11 heteroatoms. The Morgan fingerprint density at radius 2 is 1.75 bits per heavy atom. The molecule has 1 unspecified atom stereocenters. The van der Waals surface area contributed by atoms with Crippen LogP contribution >= 0.6 is 0 Å². The minimum Gasteiger partial charge on any atom is -0.493 e. The highest BCUT2D eigenvalue weighted by molar-refractivity contribution is 5.78.